The molecule has 0 bridgehead atoms. The van der Waals surface area contributed by atoms with Crippen molar-refractivity contribution < 1.29 is 11.0 Å². The number of amides is 1. The largest absolute Gasteiger partial charge is 1.00 e. The van der Waals surface area contributed by atoms with E-state index < -0.39 is 0 Å². The zero-order valence-corrected chi connectivity index (χ0v) is 6.09. The number of carbonyl (C=O) groups excluding carboxylic acids is 1. The summed E-state index contributed by atoms with van der Waals surface area (Å²) in [7, 11) is 0. The molecule has 1 heterocycles. The summed E-state index contributed by atoms with van der Waals surface area (Å²) in [6, 6.07) is 0. The van der Waals surface area contributed by atoms with Gasteiger partial charge >= 0.3 is 1.43 Å². The van der Waals surface area contributed by atoms with E-state index in [0.717, 1.165) is 13.1 Å². The normalized spacial score (nSPS) is 20.5. The minimum atomic E-state index is -0.0121. The number of hydrogen-bond acceptors (Lipinski definition) is 3. The van der Waals surface area contributed by atoms with E-state index >= 15 is 0 Å². The van der Waals surface area contributed by atoms with Gasteiger partial charge in [0.05, 0.1) is 13.2 Å². The van der Waals surface area contributed by atoms with Gasteiger partial charge in [-0.2, -0.15) is 0 Å². The maximum atomic E-state index is 10.5. The van der Waals surface area contributed by atoms with Gasteiger partial charge in [0, 0.05) is 20.0 Å². The number of hydrogen-bond donors (Lipinski definition) is 1. The zero-order valence-electron chi connectivity index (χ0n) is 7.09. The van der Waals surface area contributed by atoms with Gasteiger partial charge in [0.1, 0.15) is 0 Å². The number of morpholine rings is 1. The minimum absolute atomic E-state index is 0. The van der Waals surface area contributed by atoms with Crippen molar-refractivity contribution in [1.29, 1.82) is 0 Å². The lowest BCUT2D eigenvalue weighted by Crippen LogP contribution is -2.47. The van der Waals surface area contributed by atoms with Crippen LogP contribution in [-0.4, -0.2) is 37.2 Å². The highest BCUT2D eigenvalue weighted by molar-refractivity contribution is 5.72. The smallest absolute Gasteiger partial charge is 0.379 e. The Bertz CT molecular complexity index is 126. The molecular weight excluding hydrogens is 132 g/mol. The molecule has 58 valence electrons. The molecule has 0 saturated carbocycles. The molecule has 0 aliphatic carbocycles. The number of carbonyl (C=O) groups is 1. The number of nitrogens with one attached hydrogen (secondary N) is 1. The van der Waals surface area contributed by atoms with Gasteiger partial charge < -0.3 is 4.74 Å². The van der Waals surface area contributed by atoms with E-state index in [1.165, 1.54) is 6.92 Å². The van der Waals surface area contributed by atoms with E-state index in [1.54, 1.807) is 0 Å². The summed E-state index contributed by atoms with van der Waals surface area (Å²) in [6.45, 7) is 4.51. The van der Waals surface area contributed by atoms with E-state index in [-0.39, 0.29) is 7.33 Å². The van der Waals surface area contributed by atoms with Crippen molar-refractivity contribution in [2.75, 3.05) is 26.3 Å². The van der Waals surface area contributed by atoms with Crippen LogP contribution in [0.5, 0.6) is 0 Å². The average Bonchev–Trinajstić information content (AvgIpc) is 1.88. The van der Waals surface area contributed by atoms with Crippen molar-refractivity contribution in [2.24, 2.45) is 0 Å². The molecule has 0 unspecified atom stereocenters. The highest BCUT2D eigenvalue weighted by atomic mass is 16.5. The zero-order chi connectivity index (χ0) is 7.40. The second-order valence-electron chi connectivity index (χ2n) is 2.27. The fraction of sp³-hybridized carbons (Fsp3) is 0.833. The third-order valence-corrected chi connectivity index (χ3v) is 1.33. The summed E-state index contributed by atoms with van der Waals surface area (Å²) in [5.74, 6) is -0.0121. The second-order valence-corrected chi connectivity index (χ2v) is 2.27. The van der Waals surface area contributed by atoms with Gasteiger partial charge in [-0.15, -0.1) is 0 Å². The Hall–Kier alpha value is -0.610. The molecule has 1 aliphatic rings. The number of hydrazine groups is 1. The van der Waals surface area contributed by atoms with Gasteiger partial charge in [-0.25, -0.2) is 5.01 Å². The molecule has 1 saturated heterocycles. The predicted octanol–water partition coefficient (Wildman–Crippen LogP) is -0.518. The molecule has 4 nitrogen and oxygen atoms in total. The van der Waals surface area contributed by atoms with Gasteiger partial charge in [-0.3, -0.25) is 10.2 Å². The van der Waals surface area contributed by atoms with E-state index in [4.69, 9.17) is 4.74 Å². The highest BCUT2D eigenvalue weighted by Crippen LogP contribution is 1.91. The predicted molar refractivity (Wildman–Crippen MR) is 37.3 cm³/mol. The Morgan fingerprint density at radius 1 is 1.60 bits per heavy atom. The van der Waals surface area contributed by atoms with Crippen LogP contribution in [0, 0.1) is 0 Å². The van der Waals surface area contributed by atoms with Gasteiger partial charge in [-0.05, 0) is 0 Å². The maximum Gasteiger partial charge on any atom is 1.00 e. The third-order valence-electron chi connectivity index (χ3n) is 1.33. The lowest BCUT2D eigenvalue weighted by Gasteiger charge is -2.26. The molecule has 0 atom stereocenters. The molecule has 4 heteroatoms. The molecule has 0 radical (unpaired) electrons. The topological polar surface area (TPSA) is 41.6 Å². The first-order valence-electron chi connectivity index (χ1n) is 3.39. The summed E-state index contributed by atoms with van der Waals surface area (Å²) in [5, 5.41) is 1.87. The monoisotopic (exact) mass is 145 g/mol. The van der Waals surface area contributed by atoms with Gasteiger partial charge in [0.2, 0.25) is 5.91 Å². The molecular formula is C6H13N2O2+. The van der Waals surface area contributed by atoms with Gasteiger partial charge in [0.15, 0.2) is 0 Å². The molecule has 0 aromatic carbocycles. The summed E-state index contributed by atoms with van der Waals surface area (Å²) in [4.78, 5) is 10.5. The standard InChI is InChI=1S/C6H12N2O2/c1-6(9)7-8-2-4-10-5-3-8/h2-5H2,1H3,(H,7,9)/p+1. The quantitative estimate of drug-likeness (QED) is 0.540. The average molecular weight is 145 g/mol. The van der Waals surface area contributed by atoms with Crippen molar-refractivity contribution in [3.05, 3.63) is 0 Å². The van der Waals surface area contributed by atoms with Crippen LogP contribution in [0.3, 0.4) is 0 Å². The number of rotatable bonds is 1. The summed E-state index contributed by atoms with van der Waals surface area (Å²) in [6.07, 6.45) is 0. The Morgan fingerprint density at radius 2 is 2.20 bits per heavy atom. The molecule has 1 aliphatic heterocycles. The van der Waals surface area contributed by atoms with Crippen LogP contribution in [-0.2, 0) is 9.53 Å². The molecule has 0 spiro atoms. The van der Waals surface area contributed by atoms with E-state index in [0.29, 0.717) is 13.2 Å². The summed E-state index contributed by atoms with van der Waals surface area (Å²) < 4.78 is 5.09. The number of ether oxygens (including phenoxy) is 1. The van der Waals surface area contributed by atoms with Crippen LogP contribution >= 0.6 is 0 Å². The van der Waals surface area contributed by atoms with Crippen molar-refractivity contribution in [1.82, 2.24) is 10.4 Å². The summed E-state index contributed by atoms with van der Waals surface area (Å²) >= 11 is 0. The fourth-order valence-corrected chi connectivity index (χ4v) is 0.898. The fourth-order valence-electron chi connectivity index (χ4n) is 0.898. The van der Waals surface area contributed by atoms with Crippen LogP contribution in [0.1, 0.15) is 8.35 Å². The Balaban J connectivity index is 0.000001000. The highest BCUT2D eigenvalue weighted by Gasteiger charge is 2.09. The molecule has 1 amide bonds. The molecule has 0 aromatic heterocycles. The van der Waals surface area contributed by atoms with Crippen LogP contribution < -0.4 is 5.43 Å². The van der Waals surface area contributed by atoms with Crippen LogP contribution in [0.25, 0.3) is 0 Å². The van der Waals surface area contributed by atoms with E-state index in [9.17, 15) is 4.79 Å². The first-order valence-corrected chi connectivity index (χ1v) is 3.39. The SMILES string of the molecule is CC(=O)NN1CCOCC1.[H+]. The second kappa shape index (κ2) is 3.53. The molecule has 1 N–H and O–H groups in total. The minimum Gasteiger partial charge on any atom is -0.379 e. The van der Waals surface area contributed by atoms with Crippen LogP contribution in [0.15, 0.2) is 0 Å². The Labute approximate surface area is 61.6 Å². The first kappa shape index (κ1) is 7.50. The van der Waals surface area contributed by atoms with E-state index in [1.807, 2.05) is 5.01 Å². The third kappa shape index (κ3) is 2.33. The van der Waals surface area contributed by atoms with E-state index in [2.05, 4.69) is 5.43 Å². The lowest BCUT2D eigenvalue weighted by atomic mass is 10.5. The Kier molecular flexibility index (Phi) is 2.65. The van der Waals surface area contributed by atoms with Crippen molar-refractivity contribution >= 4 is 5.91 Å². The molecule has 0 aromatic rings. The van der Waals surface area contributed by atoms with Crippen LogP contribution in [0.2, 0.25) is 0 Å². The van der Waals surface area contributed by atoms with Crippen molar-refractivity contribution in [3.8, 4) is 0 Å². The molecule has 1 fully saturated rings. The molecule has 1 rings (SSSR count). The van der Waals surface area contributed by atoms with Gasteiger partial charge in [-0.1, -0.05) is 0 Å². The maximum absolute atomic E-state index is 10.5. The van der Waals surface area contributed by atoms with Gasteiger partial charge in [0.25, 0.3) is 0 Å². The summed E-state index contributed by atoms with van der Waals surface area (Å²) in [5.41, 5.74) is 2.70. The van der Waals surface area contributed by atoms with Crippen molar-refractivity contribution in [2.45, 2.75) is 6.92 Å². The molecule has 10 heavy (non-hydrogen) atoms. The first-order chi connectivity index (χ1) is 4.79. The lowest BCUT2D eigenvalue weighted by molar-refractivity contribution is -0.125. The Morgan fingerprint density at radius 3 is 2.70 bits per heavy atom. The van der Waals surface area contributed by atoms with Crippen molar-refractivity contribution in [3.63, 3.8) is 0 Å². The van der Waals surface area contributed by atoms with Crippen LogP contribution in [0.4, 0.5) is 0 Å². The number of nitrogens with zero attached hydrogens (tertiary/aromatic N) is 1.